The third-order valence-corrected chi connectivity index (χ3v) is 5.97. The lowest BCUT2D eigenvalue weighted by molar-refractivity contribution is 0.104. The second kappa shape index (κ2) is 7.79. The summed E-state index contributed by atoms with van der Waals surface area (Å²) in [5, 5.41) is 19.2. The topological polar surface area (TPSA) is 139 Å². The Hall–Kier alpha value is -4.40. The van der Waals surface area contributed by atoms with Crippen molar-refractivity contribution in [1.29, 1.82) is 10.5 Å². The van der Waals surface area contributed by atoms with Crippen molar-refractivity contribution in [1.82, 2.24) is 4.98 Å². The molecule has 0 saturated heterocycles. The van der Waals surface area contributed by atoms with Crippen LogP contribution in [0.15, 0.2) is 48.5 Å². The van der Waals surface area contributed by atoms with Crippen molar-refractivity contribution in [3.8, 4) is 29.0 Å². The minimum atomic E-state index is -0.298. The summed E-state index contributed by atoms with van der Waals surface area (Å²) in [5.41, 5.74) is 14.9. The predicted molar refractivity (Wildman–Crippen MR) is 120 cm³/mol. The van der Waals surface area contributed by atoms with Crippen molar-refractivity contribution >= 4 is 38.8 Å². The van der Waals surface area contributed by atoms with E-state index in [9.17, 15) is 10.1 Å². The highest BCUT2D eigenvalue weighted by molar-refractivity contribution is 7.21. The van der Waals surface area contributed by atoms with Crippen LogP contribution in [0.3, 0.4) is 0 Å². The van der Waals surface area contributed by atoms with Crippen molar-refractivity contribution in [2.45, 2.75) is 0 Å². The molecule has 0 aliphatic rings. The molecule has 0 unspecified atom stereocenters. The summed E-state index contributed by atoms with van der Waals surface area (Å²) < 4.78 is 5.47. The molecule has 2 heterocycles. The molecule has 2 aromatic heterocycles. The van der Waals surface area contributed by atoms with Gasteiger partial charge in [0.2, 0.25) is 5.78 Å². The van der Waals surface area contributed by atoms with E-state index in [1.165, 1.54) is 7.11 Å². The number of methoxy groups -OCH3 is 1. The molecule has 4 aromatic rings. The second-order valence-electron chi connectivity index (χ2n) is 6.60. The number of rotatable bonds is 4. The first kappa shape index (κ1) is 19.9. The van der Waals surface area contributed by atoms with Gasteiger partial charge < -0.3 is 16.2 Å². The number of fused-ring (bicyclic) bond motifs is 1. The van der Waals surface area contributed by atoms with Crippen LogP contribution in [0.1, 0.15) is 26.4 Å². The standard InChI is InChI=1S/C23H15N5O2S/c1-30-16-5-3-2-4-14(16)17-15(11-25)22(27)28-23-18(17)19(26)21(31-23)20(29)13-8-6-12(10-24)7-9-13/h2-9H,26H2,1H3,(H2,27,28). The van der Waals surface area contributed by atoms with E-state index in [0.717, 1.165) is 11.3 Å². The number of thiophene rings is 1. The summed E-state index contributed by atoms with van der Waals surface area (Å²) in [6.45, 7) is 0. The minimum Gasteiger partial charge on any atom is -0.496 e. The lowest BCUT2D eigenvalue weighted by atomic mass is 9.96. The molecule has 0 aliphatic carbocycles. The fourth-order valence-electron chi connectivity index (χ4n) is 3.40. The summed E-state index contributed by atoms with van der Waals surface area (Å²) >= 11 is 1.11. The van der Waals surface area contributed by atoms with Crippen LogP contribution in [-0.2, 0) is 0 Å². The Morgan fingerprint density at radius 2 is 1.77 bits per heavy atom. The number of hydrogen-bond acceptors (Lipinski definition) is 8. The number of nitrogens with zero attached hydrogens (tertiary/aromatic N) is 3. The van der Waals surface area contributed by atoms with E-state index in [1.807, 2.05) is 18.2 Å². The van der Waals surface area contributed by atoms with Crippen LogP contribution in [0, 0.1) is 22.7 Å². The average molecular weight is 425 g/mol. The fourth-order valence-corrected chi connectivity index (χ4v) is 4.47. The van der Waals surface area contributed by atoms with Crippen LogP contribution in [-0.4, -0.2) is 17.9 Å². The molecule has 4 rings (SSSR count). The van der Waals surface area contributed by atoms with Gasteiger partial charge >= 0.3 is 0 Å². The van der Waals surface area contributed by atoms with Gasteiger partial charge in [0.25, 0.3) is 0 Å². The summed E-state index contributed by atoms with van der Waals surface area (Å²) in [4.78, 5) is 18.2. The first-order chi connectivity index (χ1) is 15.0. The Bertz CT molecular complexity index is 1430. The van der Waals surface area contributed by atoms with Gasteiger partial charge in [-0.1, -0.05) is 18.2 Å². The van der Waals surface area contributed by atoms with Gasteiger partial charge in [-0.05, 0) is 30.3 Å². The van der Waals surface area contributed by atoms with E-state index >= 15 is 0 Å². The van der Waals surface area contributed by atoms with Gasteiger partial charge in [-0.2, -0.15) is 10.5 Å². The zero-order valence-electron chi connectivity index (χ0n) is 16.3. The minimum absolute atomic E-state index is 0.0505. The molecule has 0 atom stereocenters. The van der Waals surface area contributed by atoms with Gasteiger partial charge in [0.1, 0.15) is 32.9 Å². The van der Waals surface area contributed by atoms with Crippen LogP contribution in [0.25, 0.3) is 21.3 Å². The van der Waals surface area contributed by atoms with Crippen molar-refractivity contribution in [3.05, 3.63) is 70.1 Å². The number of pyridine rings is 1. The first-order valence-electron chi connectivity index (χ1n) is 9.10. The first-order valence-corrected chi connectivity index (χ1v) is 9.91. The number of hydrogen-bond donors (Lipinski definition) is 2. The third kappa shape index (κ3) is 3.21. The number of nitrogen functional groups attached to an aromatic ring is 2. The van der Waals surface area contributed by atoms with Gasteiger partial charge in [-0.25, -0.2) is 4.98 Å². The SMILES string of the molecule is COc1ccccc1-c1c(C#N)c(N)nc2sc(C(=O)c3ccc(C#N)cc3)c(N)c12. The molecule has 0 amide bonds. The molecule has 7 nitrogen and oxygen atoms in total. The Labute approximate surface area is 181 Å². The number of ketones is 1. The van der Waals surface area contributed by atoms with Crippen molar-refractivity contribution < 1.29 is 9.53 Å². The highest BCUT2D eigenvalue weighted by Gasteiger charge is 2.26. The molecule has 0 aliphatic heterocycles. The maximum atomic E-state index is 13.1. The number of nitriles is 2. The Balaban J connectivity index is 2.01. The highest BCUT2D eigenvalue weighted by Crippen LogP contribution is 2.45. The third-order valence-electron chi connectivity index (χ3n) is 4.88. The number of carbonyl (C=O) groups excluding carboxylic acids is 1. The van der Waals surface area contributed by atoms with Crippen molar-refractivity contribution in [3.63, 3.8) is 0 Å². The average Bonchev–Trinajstić information content (AvgIpc) is 3.13. The van der Waals surface area contributed by atoms with Crippen LogP contribution in [0.4, 0.5) is 11.5 Å². The number of nitrogens with two attached hydrogens (primary N) is 2. The van der Waals surface area contributed by atoms with Gasteiger partial charge in [0.05, 0.1) is 24.4 Å². The molecule has 0 radical (unpaired) electrons. The summed E-state index contributed by atoms with van der Waals surface area (Å²) in [5.74, 6) is 0.291. The van der Waals surface area contributed by atoms with Crippen LogP contribution in [0.2, 0.25) is 0 Å². The van der Waals surface area contributed by atoms with Gasteiger partial charge in [0, 0.05) is 22.1 Å². The molecule has 8 heteroatoms. The largest absolute Gasteiger partial charge is 0.496 e. The maximum Gasteiger partial charge on any atom is 0.205 e. The van der Waals surface area contributed by atoms with E-state index in [1.54, 1.807) is 36.4 Å². The Kier molecular flexibility index (Phi) is 5.00. The Morgan fingerprint density at radius 1 is 1.06 bits per heavy atom. The maximum absolute atomic E-state index is 13.1. The molecule has 31 heavy (non-hydrogen) atoms. The van der Waals surface area contributed by atoms with Crippen molar-refractivity contribution in [2.24, 2.45) is 0 Å². The second-order valence-corrected chi connectivity index (χ2v) is 7.60. The number of ether oxygens (including phenoxy) is 1. The molecule has 150 valence electrons. The zero-order valence-corrected chi connectivity index (χ0v) is 17.2. The molecular weight excluding hydrogens is 410 g/mol. The van der Waals surface area contributed by atoms with Crippen molar-refractivity contribution in [2.75, 3.05) is 18.6 Å². The molecule has 0 fully saturated rings. The number of aromatic nitrogens is 1. The number of para-hydroxylation sites is 1. The number of carbonyl (C=O) groups is 1. The number of anilines is 2. The molecule has 0 spiro atoms. The lowest BCUT2D eigenvalue weighted by Crippen LogP contribution is -2.03. The summed E-state index contributed by atoms with van der Waals surface area (Å²) in [6, 6.07) is 17.6. The zero-order chi connectivity index (χ0) is 22.1. The molecule has 0 bridgehead atoms. The van der Waals surface area contributed by atoms with E-state index < -0.39 is 0 Å². The van der Waals surface area contributed by atoms with Crippen LogP contribution >= 0.6 is 11.3 Å². The molecule has 4 N–H and O–H groups in total. The lowest BCUT2D eigenvalue weighted by Gasteiger charge is -2.13. The predicted octanol–water partition coefficient (Wildman–Crippen LogP) is 4.11. The smallest absolute Gasteiger partial charge is 0.205 e. The van der Waals surface area contributed by atoms with E-state index in [-0.39, 0.29) is 27.7 Å². The quantitative estimate of drug-likeness (QED) is 0.469. The van der Waals surface area contributed by atoms with E-state index in [2.05, 4.69) is 11.1 Å². The number of benzene rings is 2. The monoisotopic (exact) mass is 425 g/mol. The molecular formula is C23H15N5O2S. The van der Waals surface area contributed by atoms with E-state index in [0.29, 0.717) is 38.2 Å². The van der Waals surface area contributed by atoms with Gasteiger partial charge in [-0.3, -0.25) is 4.79 Å². The molecule has 2 aromatic carbocycles. The van der Waals surface area contributed by atoms with Gasteiger partial charge in [0.15, 0.2) is 0 Å². The van der Waals surface area contributed by atoms with Crippen LogP contribution in [0.5, 0.6) is 5.75 Å². The summed E-state index contributed by atoms with van der Waals surface area (Å²) in [7, 11) is 1.53. The van der Waals surface area contributed by atoms with Crippen LogP contribution < -0.4 is 16.2 Å². The Morgan fingerprint density at radius 3 is 2.42 bits per heavy atom. The summed E-state index contributed by atoms with van der Waals surface area (Å²) in [6.07, 6.45) is 0. The normalized spacial score (nSPS) is 10.4. The van der Waals surface area contributed by atoms with E-state index in [4.69, 9.17) is 21.5 Å². The van der Waals surface area contributed by atoms with Gasteiger partial charge in [-0.15, -0.1) is 11.3 Å². The fraction of sp³-hybridized carbons (Fsp3) is 0.0435. The molecule has 0 saturated carbocycles. The highest BCUT2D eigenvalue weighted by atomic mass is 32.1.